The van der Waals surface area contributed by atoms with Gasteiger partial charge in [-0.1, -0.05) is 18.2 Å². The van der Waals surface area contributed by atoms with Crippen LogP contribution < -0.4 is 5.32 Å². The Morgan fingerprint density at radius 1 is 1.14 bits per heavy atom. The molecule has 140 valence electrons. The lowest BCUT2D eigenvalue weighted by Crippen LogP contribution is -2.14. The smallest absolute Gasteiger partial charge is 0.228 e. The van der Waals surface area contributed by atoms with Crippen LogP contribution in [-0.4, -0.2) is 35.7 Å². The molecule has 0 bridgehead atoms. The molecule has 3 heterocycles. The number of anilines is 1. The second-order valence-corrected chi connectivity index (χ2v) is 7.04. The predicted octanol–water partition coefficient (Wildman–Crippen LogP) is 2.72. The zero-order valence-electron chi connectivity index (χ0n) is 15.4. The number of hydrogen-bond donors (Lipinski definition) is 1. The fourth-order valence-electron chi connectivity index (χ4n) is 3.12. The average Bonchev–Trinajstić information content (AvgIpc) is 3.38. The molecule has 0 radical (unpaired) electrons. The molecular weight excluding hydrogens is 354 g/mol. The van der Waals surface area contributed by atoms with Gasteiger partial charge in [0.25, 0.3) is 0 Å². The first-order chi connectivity index (χ1) is 13.7. The largest absolute Gasteiger partial charge is 0.310 e. The van der Waals surface area contributed by atoms with Crippen LogP contribution in [0.25, 0.3) is 16.6 Å². The summed E-state index contributed by atoms with van der Waals surface area (Å²) in [5.41, 5.74) is 3.39. The van der Waals surface area contributed by atoms with Crippen LogP contribution in [-0.2, 0) is 11.3 Å². The van der Waals surface area contributed by atoms with Crippen LogP contribution in [0.2, 0.25) is 0 Å². The Hall–Kier alpha value is -3.55. The number of carbonyl (C=O) groups is 1. The number of para-hydroxylation sites is 1. The van der Waals surface area contributed by atoms with Crippen molar-refractivity contribution in [3.63, 3.8) is 0 Å². The lowest BCUT2D eigenvalue weighted by Gasteiger charge is -2.03. The van der Waals surface area contributed by atoms with E-state index in [4.69, 9.17) is 0 Å². The number of rotatable bonds is 5. The van der Waals surface area contributed by atoms with Crippen molar-refractivity contribution in [3.05, 3.63) is 60.2 Å². The van der Waals surface area contributed by atoms with Crippen molar-refractivity contribution in [2.24, 2.45) is 5.92 Å². The molecule has 8 heteroatoms. The monoisotopic (exact) mass is 373 g/mol. The molecule has 0 atom stereocenters. The van der Waals surface area contributed by atoms with E-state index in [9.17, 15) is 4.79 Å². The van der Waals surface area contributed by atoms with E-state index in [2.05, 4.69) is 25.6 Å². The first kappa shape index (κ1) is 16.6. The minimum absolute atomic E-state index is 0.0365. The maximum Gasteiger partial charge on any atom is 0.228 e. The van der Waals surface area contributed by atoms with E-state index in [1.165, 1.54) is 0 Å². The SMILES string of the molecule is Cc1nn(-c2ccccc2)nc1Cn1cc2c(NC(=O)C3CC3)nccc2n1. The normalized spacial score (nSPS) is 13.8. The number of pyridine rings is 1. The minimum Gasteiger partial charge on any atom is -0.310 e. The van der Waals surface area contributed by atoms with E-state index in [1.54, 1.807) is 11.0 Å². The topological polar surface area (TPSA) is 90.5 Å². The number of aromatic nitrogens is 6. The van der Waals surface area contributed by atoms with Crippen molar-refractivity contribution < 1.29 is 4.79 Å². The predicted molar refractivity (Wildman–Crippen MR) is 104 cm³/mol. The van der Waals surface area contributed by atoms with E-state index in [0.29, 0.717) is 12.4 Å². The fourth-order valence-corrected chi connectivity index (χ4v) is 3.12. The van der Waals surface area contributed by atoms with Crippen LogP contribution in [0, 0.1) is 12.8 Å². The molecule has 28 heavy (non-hydrogen) atoms. The van der Waals surface area contributed by atoms with Crippen molar-refractivity contribution >= 4 is 22.6 Å². The van der Waals surface area contributed by atoms with Gasteiger partial charge in [-0.05, 0) is 38.0 Å². The van der Waals surface area contributed by atoms with Crippen LogP contribution in [0.15, 0.2) is 48.8 Å². The van der Waals surface area contributed by atoms with Gasteiger partial charge >= 0.3 is 0 Å². The summed E-state index contributed by atoms with van der Waals surface area (Å²) in [7, 11) is 0. The van der Waals surface area contributed by atoms with Gasteiger partial charge in [0.2, 0.25) is 5.91 Å². The van der Waals surface area contributed by atoms with Gasteiger partial charge in [-0.3, -0.25) is 9.48 Å². The Labute approximate surface area is 161 Å². The van der Waals surface area contributed by atoms with Crippen LogP contribution >= 0.6 is 0 Å². The Bertz CT molecular complexity index is 1160. The summed E-state index contributed by atoms with van der Waals surface area (Å²) in [5, 5.41) is 17.5. The molecule has 1 fully saturated rings. The molecule has 0 spiro atoms. The zero-order valence-corrected chi connectivity index (χ0v) is 15.4. The third-order valence-electron chi connectivity index (χ3n) is 4.85. The summed E-state index contributed by atoms with van der Waals surface area (Å²) in [5.74, 6) is 0.725. The number of aryl methyl sites for hydroxylation is 1. The summed E-state index contributed by atoms with van der Waals surface area (Å²) in [6, 6.07) is 11.6. The van der Waals surface area contributed by atoms with Gasteiger partial charge in [0, 0.05) is 18.3 Å². The van der Waals surface area contributed by atoms with E-state index in [-0.39, 0.29) is 11.8 Å². The van der Waals surface area contributed by atoms with E-state index in [1.807, 2.05) is 54.2 Å². The average molecular weight is 373 g/mol. The van der Waals surface area contributed by atoms with Gasteiger partial charge in [-0.2, -0.15) is 20.1 Å². The molecule has 1 aliphatic rings. The second kappa shape index (κ2) is 6.56. The van der Waals surface area contributed by atoms with Crippen LogP contribution in [0.3, 0.4) is 0 Å². The molecular formula is C20H19N7O. The molecule has 8 nitrogen and oxygen atoms in total. The van der Waals surface area contributed by atoms with Crippen molar-refractivity contribution in [1.82, 2.24) is 29.8 Å². The number of fused-ring (bicyclic) bond motifs is 1. The van der Waals surface area contributed by atoms with Crippen molar-refractivity contribution in [1.29, 1.82) is 0 Å². The first-order valence-corrected chi connectivity index (χ1v) is 9.28. The van der Waals surface area contributed by atoms with Gasteiger partial charge in [0.15, 0.2) is 0 Å². The highest BCUT2D eigenvalue weighted by molar-refractivity contribution is 6.00. The molecule has 0 aliphatic heterocycles. The summed E-state index contributed by atoms with van der Waals surface area (Å²) in [4.78, 5) is 18.1. The third-order valence-corrected chi connectivity index (χ3v) is 4.85. The number of amides is 1. The Balaban J connectivity index is 1.43. The molecule has 1 aromatic carbocycles. The highest BCUT2D eigenvalue weighted by Crippen LogP contribution is 2.31. The number of nitrogens with zero attached hydrogens (tertiary/aromatic N) is 6. The molecule has 5 rings (SSSR count). The van der Waals surface area contributed by atoms with Gasteiger partial charge < -0.3 is 5.32 Å². The van der Waals surface area contributed by atoms with E-state index < -0.39 is 0 Å². The maximum absolute atomic E-state index is 12.1. The molecule has 0 saturated heterocycles. The van der Waals surface area contributed by atoms with Crippen LogP contribution in [0.1, 0.15) is 24.2 Å². The molecule has 1 aliphatic carbocycles. The van der Waals surface area contributed by atoms with E-state index >= 15 is 0 Å². The van der Waals surface area contributed by atoms with Crippen molar-refractivity contribution in [2.45, 2.75) is 26.3 Å². The van der Waals surface area contributed by atoms with Crippen molar-refractivity contribution in [3.8, 4) is 5.69 Å². The standard InChI is InChI=1S/C20H19N7O/c1-13-18(25-27(23-13)15-5-3-2-4-6-15)12-26-11-16-17(24-26)9-10-21-19(16)22-20(28)14-7-8-14/h2-6,9-11,14H,7-8,12H2,1H3,(H,21,22,28). The summed E-state index contributed by atoms with van der Waals surface area (Å²) in [6.07, 6.45) is 5.47. The van der Waals surface area contributed by atoms with E-state index in [0.717, 1.165) is 40.8 Å². The van der Waals surface area contributed by atoms with Crippen molar-refractivity contribution in [2.75, 3.05) is 5.32 Å². The molecule has 1 amide bonds. The molecule has 1 saturated carbocycles. The number of nitrogens with one attached hydrogen (secondary N) is 1. The quantitative estimate of drug-likeness (QED) is 0.581. The fraction of sp³-hybridized carbons (Fsp3) is 0.250. The Morgan fingerprint density at radius 2 is 1.96 bits per heavy atom. The molecule has 1 N–H and O–H groups in total. The summed E-state index contributed by atoms with van der Waals surface area (Å²) < 4.78 is 1.81. The lowest BCUT2D eigenvalue weighted by molar-refractivity contribution is -0.117. The van der Waals surface area contributed by atoms with Gasteiger partial charge in [-0.15, -0.1) is 0 Å². The lowest BCUT2D eigenvalue weighted by atomic mass is 10.3. The zero-order chi connectivity index (χ0) is 19.1. The Morgan fingerprint density at radius 3 is 2.75 bits per heavy atom. The van der Waals surface area contributed by atoms with Crippen LogP contribution in [0.4, 0.5) is 5.82 Å². The number of carbonyl (C=O) groups excluding carboxylic acids is 1. The Kier molecular flexibility index (Phi) is 3.89. The summed E-state index contributed by atoms with van der Waals surface area (Å²) in [6.45, 7) is 2.43. The number of hydrogen-bond acceptors (Lipinski definition) is 5. The third kappa shape index (κ3) is 3.13. The molecule has 4 aromatic rings. The van der Waals surface area contributed by atoms with Gasteiger partial charge in [0.1, 0.15) is 11.5 Å². The highest BCUT2D eigenvalue weighted by Gasteiger charge is 2.30. The summed E-state index contributed by atoms with van der Waals surface area (Å²) >= 11 is 0. The molecule has 3 aromatic heterocycles. The maximum atomic E-state index is 12.1. The number of benzene rings is 1. The van der Waals surface area contributed by atoms with Gasteiger partial charge in [0.05, 0.1) is 28.8 Å². The van der Waals surface area contributed by atoms with Crippen LogP contribution in [0.5, 0.6) is 0 Å². The highest BCUT2D eigenvalue weighted by atomic mass is 16.2. The molecule has 0 unspecified atom stereocenters. The van der Waals surface area contributed by atoms with Gasteiger partial charge in [-0.25, -0.2) is 4.98 Å². The second-order valence-electron chi connectivity index (χ2n) is 7.04. The minimum atomic E-state index is 0.0365. The first-order valence-electron chi connectivity index (χ1n) is 9.28.